The van der Waals surface area contributed by atoms with E-state index in [1.54, 1.807) is 7.11 Å². The number of methoxy groups -OCH3 is 1. The quantitative estimate of drug-likeness (QED) is 0.714. The van der Waals surface area contributed by atoms with Crippen LogP contribution in [-0.2, 0) is 9.53 Å². The number of hydrogen-bond acceptors (Lipinski definition) is 3. The summed E-state index contributed by atoms with van der Waals surface area (Å²) in [6, 6.07) is -0.362. The lowest BCUT2D eigenvalue weighted by atomic mass is 9.88. The number of amides is 1. The van der Waals surface area contributed by atoms with Crippen molar-refractivity contribution in [3.63, 3.8) is 0 Å². The van der Waals surface area contributed by atoms with Gasteiger partial charge >= 0.3 is 0 Å². The Morgan fingerprint density at radius 3 is 2.79 bits per heavy atom. The van der Waals surface area contributed by atoms with Crippen molar-refractivity contribution >= 4 is 5.91 Å². The van der Waals surface area contributed by atoms with Gasteiger partial charge in [-0.1, -0.05) is 6.42 Å². The Hall–Kier alpha value is -0.610. The van der Waals surface area contributed by atoms with Gasteiger partial charge in [0.25, 0.3) is 0 Å². The van der Waals surface area contributed by atoms with Crippen LogP contribution in [-0.4, -0.2) is 44.2 Å². The lowest BCUT2D eigenvalue weighted by Crippen LogP contribution is -2.44. The van der Waals surface area contributed by atoms with E-state index < -0.39 is 0 Å². The number of carbonyl (C=O) groups is 1. The van der Waals surface area contributed by atoms with Crippen LogP contribution in [0.5, 0.6) is 0 Å². The number of hydrogen-bond donors (Lipinski definition) is 1. The van der Waals surface area contributed by atoms with Gasteiger partial charge in [0.2, 0.25) is 5.91 Å². The second-order valence-corrected chi connectivity index (χ2v) is 6.40. The van der Waals surface area contributed by atoms with Gasteiger partial charge in [0, 0.05) is 27.3 Å². The zero-order valence-electron chi connectivity index (χ0n) is 12.3. The summed E-state index contributed by atoms with van der Waals surface area (Å²) in [6.07, 6.45) is 7.07. The number of nitrogens with two attached hydrogens (primary N) is 1. The zero-order valence-corrected chi connectivity index (χ0v) is 12.3. The Bertz CT molecular complexity index is 309. The van der Waals surface area contributed by atoms with E-state index in [9.17, 15) is 4.79 Å². The lowest BCUT2D eigenvalue weighted by Gasteiger charge is -2.28. The molecule has 4 atom stereocenters. The number of nitrogens with zero attached hydrogens (tertiary/aromatic N) is 1. The number of likely N-dealkylation sites (N-methyl/N-ethyl adjacent to an activating group) is 1. The highest BCUT2D eigenvalue weighted by Gasteiger charge is 2.40. The molecule has 0 radical (unpaired) electrons. The van der Waals surface area contributed by atoms with Crippen LogP contribution in [0.4, 0.5) is 0 Å². The first-order valence-corrected chi connectivity index (χ1v) is 7.61. The normalized spacial score (nSPS) is 30.6. The minimum Gasteiger partial charge on any atom is -0.385 e. The van der Waals surface area contributed by atoms with Crippen molar-refractivity contribution in [1.82, 2.24) is 4.90 Å². The van der Waals surface area contributed by atoms with Crippen LogP contribution < -0.4 is 5.73 Å². The average molecular weight is 268 g/mol. The first-order chi connectivity index (χ1) is 9.11. The molecule has 0 spiro atoms. The minimum atomic E-state index is -0.362. The van der Waals surface area contributed by atoms with Crippen molar-refractivity contribution in [1.29, 1.82) is 0 Å². The van der Waals surface area contributed by atoms with E-state index in [4.69, 9.17) is 10.5 Å². The summed E-state index contributed by atoms with van der Waals surface area (Å²) in [4.78, 5) is 14.1. The summed E-state index contributed by atoms with van der Waals surface area (Å²) in [5.41, 5.74) is 5.96. The monoisotopic (exact) mass is 268 g/mol. The third-order valence-corrected chi connectivity index (χ3v) is 4.95. The maximum atomic E-state index is 12.2. The minimum absolute atomic E-state index is 0.0962. The lowest BCUT2D eigenvalue weighted by molar-refractivity contribution is -0.132. The van der Waals surface area contributed by atoms with Gasteiger partial charge in [-0.2, -0.15) is 0 Å². The van der Waals surface area contributed by atoms with E-state index in [1.807, 2.05) is 11.9 Å². The molecule has 0 heterocycles. The largest absolute Gasteiger partial charge is 0.385 e. The maximum Gasteiger partial charge on any atom is 0.239 e. The molecule has 2 N–H and O–H groups in total. The molecule has 2 saturated carbocycles. The van der Waals surface area contributed by atoms with E-state index >= 15 is 0 Å². The Labute approximate surface area is 116 Å². The fourth-order valence-corrected chi connectivity index (χ4v) is 3.90. The predicted molar refractivity (Wildman–Crippen MR) is 75.7 cm³/mol. The van der Waals surface area contributed by atoms with Crippen molar-refractivity contribution < 1.29 is 9.53 Å². The summed E-state index contributed by atoms with van der Waals surface area (Å²) in [7, 11) is 3.58. The molecule has 110 valence electrons. The van der Waals surface area contributed by atoms with Crippen LogP contribution in [0, 0.1) is 17.8 Å². The molecular weight excluding hydrogens is 240 g/mol. The standard InChI is InChI=1S/C15H28N2O2/c1-17(15(18)14(16)4-3-7-19-2)10-13-9-11-5-6-12(13)8-11/h11-14H,3-10,16H2,1-2H3. The number of fused-ring (bicyclic) bond motifs is 2. The van der Waals surface area contributed by atoms with Crippen molar-refractivity contribution in [3.05, 3.63) is 0 Å². The fraction of sp³-hybridized carbons (Fsp3) is 0.933. The van der Waals surface area contributed by atoms with Crippen LogP contribution in [0.1, 0.15) is 38.5 Å². The molecule has 2 bridgehead atoms. The van der Waals surface area contributed by atoms with Gasteiger partial charge in [0.15, 0.2) is 0 Å². The smallest absolute Gasteiger partial charge is 0.239 e. The molecule has 0 aliphatic heterocycles. The van der Waals surface area contributed by atoms with Gasteiger partial charge in [-0.25, -0.2) is 0 Å². The molecule has 4 unspecified atom stereocenters. The molecule has 1 amide bonds. The average Bonchev–Trinajstić information content (AvgIpc) is 3.00. The van der Waals surface area contributed by atoms with Crippen LogP contribution in [0.2, 0.25) is 0 Å². The van der Waals surface area contributed by atoms with E-state index in [2.05, 4.69) is 0 Å². The molecule has 0 aromatic heterocycles. The highest BCUT2D eigenvalue weighted by molar-refractivity contribution is 5.81. The highest BCUT2D eigenvalue weighted by Crippen LogP contribution is 2.48. The molecule has 2 fully saturated rings. The molecule has 0 aromatic carbocycles. The second kappa shape index (κ2) is 6.71. The molecular formula is C15H28N2O2. The molecule has 0 aromatic rings. The van der Waals surface area contributed by atoms with Crippen molar-refractivity contribution in [2.75, 3.05) is 27.3 Å². The Morgan fingerprint density at radius 2 is 2.21 bits per heavy atom. The maximum absolute atomic E-state index is 12.2. The molecule has 4 nitrogen and oxygen atoms in total. The summed E-state index contributed by atoms with van der Waals surface area (Å²) < 4.78 is 4.99. The number of rotatable bonds is 7. The van der Waals surface area contributed by atoms with Crippen LogP contribution in [0.25, 0.3) is 0 Å². The Morgan fingerprint density at radius 1 is 1.42 bits per heavy atom. The Kier molecular flexibility index (Phi) is 5.22. The summed E-state index contributed by atoms with van der Waals surface area (Å²) >= 11 is 0. The van der Waals surface area contributed by atoms with Gasteiger partial charge in [0.05, 0.1) is 6.04 Å². The molecule has 2 rings (SSSR count). The molecule has 19 heavy (non-hydrogen) atoms. The fourth-order valence-electron chi connectivity index (χ4n) is 3.90. The van der Waals surface area contributed by atoms with Crippen molar-refractivity contribution in [3.8, 4) is 0 Å². The summed E-state index contributed by atoms with van der Waals surface area (Å²) in [5, 5.41) is 0. The van der Waals surface area contributed by atoms with Crippen molar-refractivity contribution in [2.45, 2.75) is 44.6 Å². The number of ether oxygens (including phenoxy) is 1. The zero-order chi connectivity index (χ0) is 13.8. The Balaban J connectivity index is 1.72. The number of carbonyl (C=O) groups excluding carboxylic acids is 1. The van der Waals surface area contributed by atoms with E-state index in [1.165, 1.54) is 25.7 Å². The molecule has 0 saturated heterocycles. The predicted octanol–water partition coefficient (Wildman–Crippen LogP) is 1.63. The SMILES string of the molecule is COCCCC(N)C(=O)N(C)CC1CC2CCC1C2. The molecule has 4 heteroatoms. The van der Waals surface area contributed by atoms with E-state index in [0.29, 0.717) is 13.0 Å². The van der Waals surface area contributed by atoms with Crippen LogP contribution >= 0.6 is 0 Å². The van der Waals surface area contributed by atoms with Gasteiger partial charge in [-0.15, -0.1) is 0 Å². The van der Waals surface area contributed by atoms with Gasteiger partial charge in [-0.3, -0.25) is 4.79 Å². The van der Waals surface area contributed by atoms with E-state index in [-0.39, 0.29) is 11.9 Å². The van der Waals surface area contributed by atoms with Crippen LogP contribution in [0.15, 0.2) is 0 Å². The molecule has 2 aliphatic rings. The third kappa shape index (κ3) is 3.69. The second-order valence-electron chi connectivity index (χ2n) is 6.40. The van der Waals surface area contributed by atoms with Crippen molar-refractivity contribution in [2.24, 2.45) is 23.5 Å². The van der Waals surface area contributed by atoms with Gasteiger partial charge < -0.3 is 15.4 Å². The first-order valence-electron chi connectivity index (χ1n) is 7.61. The van der Waals surface area contributed by atoms with Gasteiger partial charge in [0.1, 0.15) is 0 Å². The topological polar surface area (TPSA) is 55.6 Å². The third-order valence-electron chi connectivity index (χ3n) is 4.95. The van der Waals surface area contributed by atoms with Crippen LogP contribution in [0.3, 0.4) is 0 Å². The summed E-state index contributed by atoms with van der Waals surface area (Å²) in [6.45, 7) is 1.58. The van der Waals surface area contributed by atoms with Gasteiger partial charge in [-0.05, 0) is 49.9 Å². The first kappa shape index (κ1) is 14.8. The van der Waals surface area contributed by atoms with E-state index in [0.717, 1.165) is 30.7 Å². The summed E-state index contributed by atoms with van der Waals surface area (Å²) in [5.74, 6) is 2.62. The highest BCUT2D eigenvalue weighted by atomic mass is 16.5. The molecule has 2 aliphatic carbocycles.